The van der Waals surface area contributed by atoms with E-state index in [9.17, 15) is 4.79 Å². The van der Waals surface area contributed by atoms with E-state index in [2.05, 4.69) is 33.4 Å². The Morgan fingerprint density at radius 1 is 1.24 bits per heavy atom. The van der Waals surface area contributed by atoms with Gasteiger partial charge in [0.2, 0.25) is 0 Å². The van der Waals surface area contributed by atoms with Crippen LogP contribution in [0.5, 0.6) is 5.75 Å². The average Bonchev–Trinajstić information content (AvgIpc) is 2.62. The molecule has 0 unspecified atom stereocenters. The maximum atomic E-state index is 12.3. The van der Waals surface area contributed by atoms with E-state index >= 15 is 0 Å². The molecule has 3 rings (SSSR count). The van der Waals surface area contributed by atoms with Gasteiger partial charge in [0.05, 0.1) is 11.6 Å². The number of ether oxygens (including phenoxy) is 1. The highest BCUT2D eigenvalue weighted by Crippen LogP contribution is 2.27. The molecule has 0 aromatic heterocycles. The first-order chi connectivity index (χ1) is 12.1. The first-order valence-corrected chi connectivity index (χ1v) is 9.48. The Hall–Kier alpha value is -1.72. The standard InChI is InChI=1S/C19H20BrClN2O2/c20-16-6-7-18(17(21)12-16)25-11-3-9-22-19(24)23-10-8-14-4-1-2-5-15(14)13-23/h1-2,4-7,12H,3,8-11,13H2,(H,22,24). The zero-order valence-electron chi connectivity index (χ0n) is 13.8. The molecule has 0 fully saturated rings. The Balaban J connectivity index is 1.38. The highest BCUT2D eigenvalue weighted by atomic mass is 79.9. The normalized spacial score (nSPS) is 13.3. The van der Waals surface area contributed by atoms with Gasteiger partial charge in [0.25, 0.3) is 0 Å². The highest BCUT2D eigenvalue weighted by Gasteiger charge is 2.19. The van der Waals surface area contributed by atoms with Crippen molar-refractivity contribution in [2.45, 2.75) is 19.4 Å². The van der Waals surface area contributed by atoms with Gasteiger partial charge in [-0.15, -0.1) is 0 Å². The van der Waals surface area contributed by atoms with Crippen molar-refractivity contribution in [1.29, 1.82) is 0 Å². The monoisotopic (exact) mass is 422 g/mol. The molecule has 1 heterocycles. The zero-order valence-corrected chi connectivity index (χ0v) is 16.1. The number of hydrogen-bond acceptors (Lipinski definition) is 2. The van der Waals surface area contributed by atoms with Gasteiger partial charge in [-0.25, -0.2) is 4.79 Å². The topological polar surface area (TPSA) is 41.6 Å². The van der Waals surface area contributed by atoms with Gasteiger partial charge in [0.1, 0.15) is 5.75 Å². The SMILES string of the molecule is O=C(NCCCOc1ccc(Br)cc1Cl)N1CCc2ccccc2C1. The van der Waals surface area contributed by atoms with Crippen molar-refractivity contribution in [3.8, 4) is 5.75 Å². The van der Waals surface area contributed by atoms with E-state index in [0.717, 1.165) is 23.9 Å². The minimum Gasteiger partial charge on any atom is -0.492 e. The molecule has 0 spiro atoms. The van der Waals surface area contributed by atoms with Gasteiger partial charge in [-0.05, 0) is 42.2 Å². The van der Waals surface area contributed by atoms with Crippen LogP contribution in [0.3, 0.4) is 0 Å². The van der Waals surface area contributed by atoms with E-state index in [1.807, 2.05) is 29.2 Å². The molecule has 0 bridgehead atoms. The second-order valence-corrected chi connectivity index (χ2v) is 7.27. The molecule has 1 N–H and O–H groups in total. The summed E-state index contributed by atoms with van der Waals surface area (Å²) in [6, 6.07) is 13.8. The third-order valence-electron chi connectivity index (χ3n) is 4.17. The Bertz CT molecular complexity index is 754. The molecule has 0 aliphatic carbocycles. The number of urea groups is 1. The molecule has 0 saturated carbocycles. The van der Waals surface area contributed by atoms with Crippen molar-refractivity contribution < 1.29 is 9.53 Å². The number of amides is 2. The number of halogens is 2. The van der Waals surface area contributed by atoms with Crippen LogP contribution < -0.4 is 10.1 Å². The number of hydrogen-bond donors (Lipinski definition) is 1. The number of carbonyl (C=O) groups is 1. The number of fused-ring (bicyclic) bond motifs is 1. The molecule has 0 radical (unpaired) electrons. The Kier molecular flexibility index (Phi) is 6.21. The smallest absolute Gasteiger partial charge is 0.317 e. The summed E-state index contributed by atoms with van der Waals surface area (Å²) < 4.78 is 6.56. The second-order valence-electron chi connectivity index (χ2n) is 5.95. The molecule has 6 heteroatoms. The lowest BCUT2D eigenvalue weighted by Gasteiger charge is -2.29. The molecular weight excluding hydrogens is 404 g/mol. The highest BCUT2D eigenvalue weighted by molar-refractivity contribution is 9.10. The van der Waals surface area contributed by atoms with Gasteiger partial charge in [-0.2, -0.15) is 0 Å². The van der Waals surface area contributed by atoms with Crippen LogP contribution in [0, 0.1) is 0 Å². The van der Waals surface area contributed by atoms with Gasteiger partial charge in [0, 0.05) is 24.1 Å². The van der Waals surface area contributed by atoms with Crippen LogP contribution in [-0.2, 0) is 13.0 Å². The van der Waals surface area contributed by atoms with Gasteiger partial charge in [0.15, 0.2) is 0 Å². The summed E-state index contributed by atoms with van der Waals surface area (Å²) >= 11 is 9.47. The number of nitrogens with zero attached hydrogens (tertiary/aromatic N) is 1. The maximum Gasteiger partial charge on any atom is 0.317 e. The second kappa shape index (κ2) is 8.59. The summed E-state index contributed by atoms with van der Waals surface area (Å²) in [6.07, 6.45) is 1.64. The minimum absolute atomic E-state index is 0.0174. The van der Waals surface area contributed by atoms with Gasteiger partial charge in [-0.1, -0.05) is 51.8 Å². The van der Waals surface area contributed by atoms with Crippen LogP contribution >= 0.6 is 27.5 Å². The summed E-state index contributed by atoms with van der Waals surface area (Å²) in [5.74, 6) is 0.656. The fourth-order valence-electron chi connectivity index (χ4n) is 2.82. The van der Waals surface area contributed by atoms with E-state index in [1.165, 1.54) is 11.1 Å². The molecule has 0 saturated heterocycles. The number of carbonyl (C=O) groups excluding carboxylic acids is 1. The molecule has 132 valence electrons. The Labute approximate surface area is 161 Å². The molecule has 4 nitrogen and oxygen atoms in total. The molecule has 2 aromatic carbocycles. The van der Waals surface area contributed by atoms with E-state index in [0.29, 0.717) is 30.5 Å². The summed E-state index contributed by atoms with van der Waals surface area (Å²) in [5.41, 5.74) is 2.57. The van der Waals surface area contributed by atoms with E-state index < -0.39 is 0 Å². The largest absolute Gasteiger partial charge is 0.492 e. The third-order valence-corrected chi connectivity index (χ3v) is 4.96. The van der Waals surface area contributed by atoms with Crippen LogP contribution in [0.25, 0.3) is 0 Å². The van der Waals surface area contributed by atoms with Crippen LogP contribution in [-0.4, -0.2) is 30.6 Å². The van der Waals surface area contributed by atoms with Crippen LogP contribution in [0.4, 0.5) is 4.79 Å². The quantitative estimate of drug-likeness (QED) is 0.712. The zero-order chi connectivity index (χ0) is 17.6. The van der Waals surface area contributed by atoms with Gasteiger partial charge < -0.3 is 15.0 Å². The number of rotatable bonds is 5. The molecule has 1 aliphatic rings. The minimum atomic E-state index is -0.0174. The van der Waals surface area contributed by atoms with Crippen LogP contribution in [0.2, 0.25) is 5.02 Å². The molecular formula is C19H20BrClN2O2. The summed E-state index contributed by atoms with van der Waals surface area (Å²) in [5, 5.41) is 3.53. The maximum absolute atomic E-state index is 12.3. The summed E-state index contributed by atoms with van der Waals surface area (Å²) in [4.78, 5) is 14.1. The molecule has 2 aromatic rings. The lowest BCUT2D eigenvalue weighted by atomic mass is 10.0. The van der Waals surface area contributed by atoms with E-state index in [4.69, 9.17) is 16.3 Å². The van der Waals surface area contributed by atoms with Crippen molar-refractivity contribution >= 4 is 33.6 Å². The van der Waals surface area contributed by atoms with Crippen molar-refractivity contribution in [3.63, 3.8) is 0 Å². The third kappa shape index (κ3) is 4.89. The average molecular weight is 424 g/mol. The van der Waals surface area contributed by atoms with Crippen molar-refractivity contribution in [1.82, 2.24) is 10.2 Å². The lowest BCUT2D eigenvalue weighted by molar-refractivity contribution is 0.191. The molecule has 0 atom stereocenters. The van der Waals surface area contributed by atoms with Crippen LogP contribution in [0.1, 0.15) is 17.5 Å². The van der Waals surface area contributed by atoms with Crippen LogP contribution in [0.15, 0.2) is 46.9 Å². The van der Waals surface area contributed by atoms with Crippen molar-refractivity contribution in [2.24, 2.45) is 0 Å². The molecule has 1 aliphatic heterocycles. The first-order valence-electron chi connectivity index (χ1n) is 8.31. The predicted molar refractivity (Wildman–Crippen MR) is 103 cm³/mol. The first kappa shape index (κ1) is 18.1. The number of nitrogens with one attached hydrogen (secondary N) is 1. The van der Waals surface area contributed by atoms with Gasteiger partial charge >= 0.3 is 6.03 Å². The Morgan fingerprint density at radius 3 is 2.84 bits per heavy atom. The fraction of sp³-hybridized carbons (Fsp3) is 0.316. The lowest BCUT2D eigenvalue weighted by Crippen LogP contribution is -2.43. The van der Waals surface area contributed by atoms with Crippen molar-refractivity contribution in [3.05, 3.63) is 63.1 Å². The van der Waals surface area contributed by atoms with E-state index in [1.54, 1.807) is 6.07 Å². The van der Waals surface area contributed by atoms with E-state index in [-0.39, 0.29) is 6.03 Å². The summed E-state index contributed by atoms with van der Waals surface area (Å²) in [7, 11) is 0. The summed E-state index contributed by atoms with van der Waals surface area (Å²) in [6.45, 7) is 2.51. The van der Waals surface area contributed by atoms with Gasteiger partial charge in [-0.3, -0.25) is 0 Å². The molecule has 25 heavy (non-hydrogen) atoms. The fourth-order valence-corrected chi connectivity index (χ4v) is 3.55. The number of benzene rings is 2. The Morgan fingerprint density at radius 2 is 2.04 bits per heavy atom. The molecule has 2 amide bonds. The predicted octanol–water partition coefficient (Wildman–Crippen LogP) is 4.64. The van der Waals surface area contributed by atoms with Crippen molar-refractivity contribution in [2.75, 3.05) is 19.7 Å².